The largest absolute Gasteiger partial charge is 0.476 e. The average molecular weight is 325 g/mol. The number of aromatic nitrogens is 2. The van der Waals surface area contributed by atoms with Crippen LogP contribution in [-0.4, -0.2) is 25.4 Å². The Bertz CT molecular complexity index is 993. The minimum absolute atomic E-state index is 0.0575. The second kappa shape index (κ2) is 5.88. The lowest BCUT2D eigenvalue weighted by Crippen LogP contribution is -1.97. The molecule has 0 saturated heterocycles. The van der Waals surface area contributed by atoms with E-state index in [1.165, 1.54) is 24.3 Å². The molecule has 0 atom stereocenters. The number of nitro groups is 1. The topological polar surface area (TPSA) is 122 Å². The van der Waals surface area contributed by atoms with E-state index in [0.717, 1.165) is 5.69 Å². The zero-order valence-electron chi connectivity index (χ0n) is 12.4. The van der Waals surface area contributed by atoms with Crippen molar-refractivity contribution in [1.29, 1.82) is 0 Å². The first-order chi connectivity index (χ1) is 11.5. The van der Waals surface area contributed by atoms with Crippen molar-refractivity contribution < 1.29 is 14.8 Å². The van der Waals surface area contributed by atoms with Crippen LogP contribution in [0.25, 0.3) is 5.65 Å². The van der Waals surface area contributed by atoms with Gasteiger partial charge in [-0.3, -0.25) is 14.5 Å². The molecule has 0 aliphatic heterocycles. The van der Waals surface area contributed by atoms with E-state index >= 15 is 0 Å². The first-order valence-electron chi connectivity index (χ1n) is 6.85. The number of carboxylic acid groups (broad SMARTS) is 1. The predicted octanol–water partition coefficient (Wildman–Crippen LogP) is 3.66. The number of imidazole rings is 1. The third kappa shape index (κ3) is 2.70. The van der Waals surface area contributed by atoms with Gasteiger partial charge >= 0.3 is 5.97 Å². The summed E-state index contributed by atoms with van der Waals surface area (Å²) in [5.74, 6) is -1.17. The molecule has 0 spiro atoms. The number of hydrogen-bond acceptors (Lipinski definition) is 6. The first-order valence-corrected chi connectivity index (χ1v) is 6.85. The van der Waals surface area contributed by atoms with Crippen molar-refractivity contribution in [2.75, 3.05) is 0 Å². The van der Waals surface area contributed by atoms with E-state index in [9.17, 15) is 20.0 Å². The molecule has 2 heterocycles. The molecule has 0 amide bonds. The van der Waals surface area contributed by atoms with Gasteiger partial charge in [-0.2, -0.15) is 0 Å². The number of fused-ring (bicyclic) bond motifs is 1. The molecule has 9 nitrogen and oxygen atoms in total. The Morgan fingerprint density at radius 2 is 2.00 bits per heavy atom. The van der Waals surface area contributed by atoms with E-state index < -0.39 is 10.9 Å². The van der Waals surface area contributed by atoms with E-state index in [4.69, 9.17) is 0 Å². The molecule has 0 aliphatic rings. The molecule has 3 aromatic rings. The highest BCUT2D eigenvalue weighted by molar-refractivity contribution is 5.91. The van der Waals surface area contributed by atoms with Crippen LogP contribution in [0.5, 0.6) is 0 Å². The van der Waals surface area contributed by atoms with Crippen LogP contribution in [0.3, 0.4) is 0 Å². The van der Waals surface area contributed by atoms with Gasteiger partial charge in [-0.1, -0.05) is 12.1 Å². The van der Waals surface area contributed by atoms with Crippen molar-refractivity contribution in [3.05, 3.63) is 64.0 Å². The average Bonchev–Trinajstić information content (AvgIpc) is 2.93. The number of non-ortho nitro benzene ring substituents is 1. The van der Waals surface area contributed by atoms with Crippen LogP contribution in [0.15, 0.2) is 52.7 Å². The number of carboxylic acids is 1. The monoisotopic (exact) mass is 325 g/mol. The number of nitro benzene ring substituents is 1. The van der Waals surface area contributed by atoms with Gasteiger partial charge in [-0.25, -0.2) is 9.78 Å². The molecular formula is C15H11N5O4. The highest BCUT2D eigenvalue weighted by Gasteiger charge is 2.19. The molecule has 0 unspecified atom stereocenters. The van der Waals surface area contributed by atoms with Gasteiger partial charge in [0.2, 0.25) is 0 Å². The molecule has 3 rings (SSSR count). The number of azo groups is 1. The second-order valence-electron chi connectivity index (χ2n) is 4.93. The third-order valence-electron chi connectivity index (χ3n) is 3.32. The predicted molar refractivity (Wildman–Crippen MR) is 84.2 cm³/mol. The molecule has 1 aromatic carbocycles. The Balaban J connectivity index is 2.12. The zero-order valence-corrected chi connectivity index (χ0v) is 12.4. The lowest BCUT2D eigenvalue weighted by Gasteiger charge is -2.00. The summed E-state index contributed by atoms with van der Waals surface area (Å²) in [7, 11) is 0. The summed E-state index contributed by atoms with van der Waals surface area (Å²) < 4.78 is 1.56. The molecule has 24 heavy (non-hydrogen) atoms. The fraction of sp³-hybridized carbons (Fsp3) is 0.0667. The van der Waals surface area contributed by atoms with Gasteiger partial charge in [0.25, 0.3) is 5.69 Å². The Labute approximate surface area is 135 Å². The summed E-state index contributed by atoms with van der Waals surface area (Å²) in [4.78, 5) is 25.7. The fourth-order valence-corrected chi connectivity index (χ4v) is 2.25. The summed E-state index contributed by atoms with van der Waals surface area (Å²) >= 11 is 0. The molecule has 2 aromatic heterocycles. The van der Waals surface area contributed by atoms with Crippen molar-refractivity contribution in [2.45, 2.75) is 6.92 Å². The number of aryl methyl sites for hydroxylation is 1. The van der Waals surface area contributed by atoms with Gasteiger partial charge in [-0.05, 0) is 25.1 Å². The van der Waals surface area contributed by atoms with Crippen molar-refractivity contribution >= 4 is 28.8 Å². The molecule has 0 saturated carbocycles. The van der Waals surface area contributed by atoms with Crippen LogP contribution in [0, 0.1) is 17.0 Å². The maximum atomic E-state index is 11.4. The van der Waals surface area contributed by atoms with Crippen molar-refractivity contribution in [1.82, 2.24) is 9.38 Å². The Hall–Kier alpha value is -3.62. The van der Waals surface area contributed by atoms with Gasteiger partial charge in [0.05, 0.1) is 10.6 Å². The molecular weight excluding hydrogens is 314 g/mol. The highest BCUT2D eigenvalue weighted by Crippen LogP contribution is 2.27. The summed E-state index contributed by atoms with van der Waals surface area (Å²) in [6, 6.07) is 10.8. The molecule has 0 bridgehead atoms. The number of aromatic carboxylic acids is 1. The second-order valence-corrected chi connectivity index (χ2v) is 4.93. The number of benzene rings is 1. The standard InChI is InChI=1S/C15H11N5O4/c1-9-4-2-7-12-16-13(15(21)22)14(19(9)12)18-17-10-5-3-6-11(8-10)20(23)24/h2-8H,1H3,(H,21,22). The highest BCUT2D eigenvalue weighted by atomic mass is 16.6. The van der Waals surface area contributed by atoms with E-state index in [1.807, 2.05) is 0 Å². The van der Waals surface area contributed by atoms with E-state index in [-0.39, 0.29) is 22.9 Å². The Morgan fingerprint density at radius 3 is 2.71 bits per heavy atom. The molecule has 0 radical (unpaired) electrons. The fourth-order valence-electron chi connectivity index (χ4n) is 2.25. The maximum absolute atomic E-state index is 11.4. The smallest absolute Gasteiger partial charge is 0.358 e. The summed E-state index contributed by atoms with van der Waals surface area (Å²) in [6.07, 6.45) is 0. The van der Waals surface area contributed by atoms with Crippen LogP contribution in [0.4, 0.5) is 17.2 Å². The Kier molecular flexibility index (Phi) is 3.74. The van der Waals surface area contributed by atoms with Crippen LogP contribution in [0.1, 0.15) is 16.2 Å². The summed E-state index contributed by atoms with van der Waals surface area (Å²) in [5.41, 5.74) is 1.04. The lowest BCUT2D eigenvalue weighted by molar-refractivity contribution is -0.384. The summed E-state index contributed by atoms with van der Waals surface area (Å²) in [5, 5.41) is 28.0. The van der Waals surface area contributed by atoms with Crippen LogP contribution < -0.4 is 0 Å². The van der Waals surface area contributed by atoms with Crippen LogP contribution in [0.2, 0.25) is 0 Å². The van der Waals surface area contributed by atoms with Gasteiger partial charge in [0, 0.05) is 17.8 Å². The van der Waals surface area contributed by atoms with Crippen molar-refractivity contribution in [3.63, 3.8) is 0 Å². The number of hydrogen-bond donors (Lipinski definition) is 1. The van der Waals surface area contributed by atoms with E-state index in [0.29, 0.717) is 5.65 Å². The number of pyridine rings is 1. The van der Waals surface area contributed by atoms with E-state index in [1.54, 1.807) is 29.5 Å². The molecule has 0 fully saturated rings. The molecule has 1 N–H and O–H groups in total. The number of nitrogens with zero attached hydrogens (tertiary/aromatic N) is 5. The SMILES string of the molecule is Cc1cccc2nc(C(=O)O)c(N=Nc3cccc([N+](=O)[O-])c3)n12. The minimum atomic E-state index is -1.23. The van der Waals surface area contributed by atoms with Crippen molar-refractivity contribution in [2.24, 2.45) is 10.2 Å². The number of carbonyl (C=O) groups is 1. The number of rotatable bonds is 4. The van der Waals surface area contributed by atoms with Gasteiger partial charge in [0.15, 0.2) is 11.5 Å². The third-order valence-corrected chi connectivity index (χ3v) is 3.32. The van der Waals surface area contributed by atoms with Gasteiger partial charge < -0.3 is 5.11 Å². The molecule has 0 aliphatic carbocycles. The normalized spacial score (nSPS) is 11.2. The van der Waals surface area contributed by atoms with Gasteiger partial charge in [0.1, 0.15) is 5.65 Å². The zero-order chi connectivity index (χ0) is 17.3. The summed E-state index contributed by atoms with van der Waals surface area (Å²) in [6.45, 7) is 1.78. The van der Waals surface area contributed by atoms with Gasteiger partial charge in [-0.15, -0.1) is 10.2 Å². The minimum Gasteiger partial charge on any atom is -0.476 e. The Morgan fingerprint density at radius 1 is 1.25 bits per heavy atom. The molecule has 120 valence electrons. The van der Waals surface area contributed by atoms with Crippen molar-refractivity contribution in [3.8, 4) is 0 Å². The molecule has 9 heteroatoms. The van der Waals surface area contributed by atoms with E-state index in [2.05, 4.69) is 15.2 Å². The van der Waals surface area contributed by atoms with Crippen LogP contribution in [-0.2, 0) is 0 Å². The lowest BCUT2D eigenvalue weighted by atomic mass is 10.3. The quantitative estimate of drug-likeness (QED) is 0.445. The maximum Gasteiger partial charge on any atom is 0.358 e. The van der Waals surface area contributed by atoms with Crippen LogP contribution >= 0.6 is 0 Å². The first kappa shape index (κ1) is 15.3.